The lowest BCUT2D eigenvalue weighted by Gasteiger charge is -2.21. The summed E-state index contributed by atoms with van der Waals surface area (Å²) in [6.07, 6.45) is 2.24. The summed E-state index contributed by atoms with van der Waals surface area (Å²) < 4.78 is 25.2. The van der Waals surface area contributed by atoms with Crippen LogP contribution in [0.2, 0.25) is 0 Å². The second-order valence-corrected chi connectivity index (χ2v) is 5.48. The quantitative estimate of drug-likeness (QED) is 0.871. The molecular weight excluding hydrogens is 256 g/mol. The number of carbonyl (C=O) groups is 1. The molecule has 94 valence electrons. The number of aliphatic imine (C=N–C) groups is 1. The number of carboxylic acids is 1. The predicted molar refractivity (Wildman–Crippen MR) is 64.5 cm³/mol. The van der Waals surface area contributed by atoms with E-state index in [1.807, 2.05) is 0 Å². The van der Waals surface area contributed by atoms with Gasteiger partial charge in [0.1, 0.15) is 6.34 Å². The highest BCUT2D eigenvalue weighted by Crippen LogP contribution is 2.17. The van der Waals surface area contributed by atoms with Gasteiger partial charge in [0.05, 0.1) is 17.0 Å². The Morgan fingerprint density at radius 1 is 1.28 bits per heavy atom. The molecular formula is C11H10N2O4S. The lowest BCUT2D eigenvalue weighted by molar-refractivity contribution is -0.132. The van der Waals surface area contributed by atoms with Gasteiger partial charge in [-0.05, 0) is 12.1 Å². The molecule has 18 heavy (non-hydrogen) atoms. The number of rotatable bonds is 3. The summed E-state index contributed by atoms with van der Waals surface area (Å²) in [6.45, 7) is -0.226. The molecule has 0 fully saturated rings. The van der Waals surface area contributed by atoms with Crippen LogP contribution in [-0.4, -0.2) is 36.7 Å². The summed E-state index contributed by atoms with van der Waals surface area (Å²) in [5, 5.41) is 8.83. The second-order valence-electron chi connectivity index (χ2n) is 3.59. The van der Waals surface area contributed by atoms with Crippen molar-refractivity contribution in [2.45, 2.75) is 4.90 Å². The highest BCUT2D eigenvalue weighted by molar-refractivity contribution is 7.89. The van der Waals surface area contributed by atoms with E-state index in [4.69, 9.17) is 5.11 Å². The number of sulfonamides is 1. The fourth-order valence-electron chi connectivity index (χ4n) is 1.44. The minimum Gasteiger partial charge on any atom is -0.478 e. The number of aliphatic carboxylic acids is 1. The molecule has 1 N–H and O–H groups in total. The number of nitrogens with zero attached hydrogens (tertiary/aromatic N) is 2. The molecule has 0 radical (unpaired) electrons. The van der Waals surface area contributed by atoms with E-state index in [1.54, 1.807) is 18.2 Å². The normalized spacial score (nSPS) is 15.3. The Labute approximate surface area is 104 Å². The molecule has 7 heteroatoms. The molecule has 2 rings (SSSR count). The number of benzene rings is 1. The van der Waals surface area contributed by atoms with E-state index >= 15 is 0 Å². The fraction of sp³-hybridized carbons (Fsp3) is 0.0909. The zero-order valence-corrected chi connectivity index (χ0v) is 10.0. The van der Waals surface area contributed by atoms with Crippen LogP contribution < -0.4 is 0 Å². The maximum atomic E-state index is 12.2. The van der Waals surface area contributed by atoms with E-state index in [0.717, 1.165) is 16.8 Å². The lowest BCUT2D eigenvalue weighted by atomic mass is 10.3. The van der Waals surface area contributed by atoms with Gasteiger partial charge in [-0.2, -0.15) is 0 Å². The summed E-state index contributed by atoms with van der Waals surface area (Å²) in [6, 6.07) is 7.79. The van der Waals surface area contributed by atoms with Gasteiger partial charge in [0, 0.05) is 6.20 Å². The molecule has 1 heterocycles. The van der Waals surface area contributed by atoms with E-state index in [9.17, 15) is 13.2 Å². The molecule has 1 aromatic rings. The molecule has 0 aromatic heterocycles. The van der Waals surface area contributed by atoms with Crippen LogP contribution in [0.3, 0.4) is 0 Å². The Bertz CT molecular complexity index is 620. The topological polar surface area (TPSA) is 87.0 Å². The van der Waals surface area contributed by atoms with Crippen LogP contribution in [0.5, 0.6) is 0 Å². The fourth-order valence-corrected chi connectivity index (χ4v) is 2.70. The van der Waals surface area contributed by atoms with E-state index in [2.05, 4.69) is 4.99 Å². The van der Waals surface area contributed by atoms with Crippen molar-refractivity contribution in [2.24, 2.45) is 4.99 Å². The highest BCUT2D eigenvalue weighted by atomic mass is 32.2. The van der Waals surface area contributed by atoms with Crippen LogP contribution in [0.15, 0.2) is 52.0 Å². The SMILES string of the molecule is O=C(O)C1=CN=CN(S(=O)(=O)c2ccccc2)C1. The van der Waals surface area contributed by atoms with Crippen molar-refractivity contribution < 1.29 is 18.3 Å². The third kappa shape index (κ3) is 2.25. The molecule has 0 saturated carbocycles. The summed E-state index contributed by atoms with van der Waals surface area (Å²) in [5.74, 6) is -1.18. The molecule has 0 unspecified atom stereocenters. The van der Waals surface area contributed by atoms with E-state index in [1.165, 1.54) is 12.1 Å². The van der Waals surface area contributed by atoms with Gasteiger partial charge in [-0.15, -0.1) is 0 Å². The maximum Gasteiger partial charge on any atom is 0.335 e. The van der Waals surface area contributed by atoms with Crippen LogP contribution in [0.25, 0.3) is 0 Å². The third-order valence-corrected chi connectivity index (χ3v) is 4.09. The van der Waals surface area contributed by atoms with Crippen LogP contribution >= 0.6 is 0 Å². The van der Waals surface area contributed by atoms with Crippen molar-refractivity contribution in [2.75, 3.05) is 6.54 Å². The lowest BCUT2D eigenvalue weighted by Crippen LogP contribution is -2.34. The molecule has 0 bridgehead atoms. The Morgan fingerprint density at radius 2 is 1.94 bits per heavy atom. The standard InChI is InChI=1S/C11H10N2O4S/c14-11(15)9-6-12-8-13(7-9)18(16,17)10-4-2-1-3-5-10/h1-6,8H,7H2,(H,14,15). The summed E-state index contributed by atoms with van der Waals surface area (Å²) in [5.41, 5.74) is -0.0722. The monoisotopic (exact) mass is 266 g/mol. The first-order valence-corrected chi connectivity index (χ1v) is 6.48. The Morgan fingerprint density at radius 3 is 2.56 bits per heavy atom. The highest BCUT2D eigenvalue weighted by Gasteiger charge is 2.26. The van der Waals surface area contributed by atoms with Crippen molar-refractivity contribution in [1.29, 1.82) is 0 Å². The van der Waals surface area contributed by atoms with Gasteiger partial charge in [0.15, 0.2) is 0 Å². The molecule has 0 atom stereocenters. The zero-order chi connectivity index (χ0) is 13.2. The number of hydrogen-bond acceptors (Lipinski definition) is 4. The Hall–Kier alpha value is -2.15. The molecule has 0 aliphatic carbocycles. The van der Waals surface area contributed by atoms with Crippen molar-refractivity contribution in [3.63, 3.8) is 0 Å². The van der Waals surface area contributed by atoms with Gasteiger partial charge in [0.2, 0.25) is 0 Å². The first kappa shape index (κ1) is 12.3. The Balaban J connectivity index is 2.32. The predicted octanol–water partition coefficient (Wildman–Crippen LogP) is 0.688. The average Bonchev–Trinajstić information content (AvgIpc) is 2.40. The smallest absolute Gasteiger partial charge is 0.335 e. The van der Waals surface area contributed by atoms with Crippen LogP contribution in [0, 0.1) is 0 Å². The second kappa shape index (κ2) is 4.61. The van der Waals surface area contributed by atoms with E-state index in [0.29, 0.717) is 0 Å². The van der Waals surface area contributed by atoms with E-state index in [-0.39, 0.29) is 17.0 Å². The number of carboxylic acid groups (broad SMARTS) is 1. The Kier molecular flexibility index (Phi) is 3.15. The first-order chi connectivity index (χ1) is 8.51. The minimum atomic E-state index is -3.75. The van der Waals surface area contributed by atoms with Gasteiger partial charge in [-0.1, -0.05) is 18.2 Å². The average molecular weight is 266 g/mol. The molecule has 6 nitrogen and oxygen atoms in total. The van der Waals surface area contributed by atoms with Crippen LogP contribution in [0.1, 0.15) is 0 Å². The third-order valence-electron chi connectivity index (χ3n) is 2.38. The van der Waals surface area contributed by atoms with Crippen molar-refractivity contribution in [3.8, 4) is 0 Å². The first-order valence-electron chi connectivity index (χ1n) is 5.04. The van der Waals surface area contributed by atoms with Crippen molar-refractivity contribution in [1.82, 2.24) is 4.31 Å². The van der Waals surface area contributed by atoms with Gasteiger partial charge in [-0.3, -0.25) is 4.31 Å². The minimum absolute atomic E-state index is 0.0722. The summed E-state index contributed by atoms with van der Waals surface area (Å²) >= 11 is 0. The maximum absolute atomic E-state index is 12.2. The zero-order valence-electron chi connectivity index (χ0n) is 9.22. The van der Waals surface area contributed by atoms with E-state index < -0.39 is 16.0 Å². The largest absolute Gasteiger partial charge is 0.478 e. The molecule has 1 aliphatic heterocycles. The molecule has 0 amide bonds. The van der Waals surface area contributed by atoms with Gasteiger partial charge in [-0.25, -0.2) is 18.2 Å². The van der Waals surface area contributed by atoms with Crippen LogP contribution in [-0.2, 0) is 14.8 Å². The number of hydrogen-bond donors (Lipinski definition) is 1. The van der Waals surface area contributed by atoms with Crippen molar-refractivity contribution >= 4 is 22.3 Å². The van der Waals surface area contributed by atoms with Crippen molar-refractivity contribution in [3.05, 3.63) is 42.1 Å². The molecule has 1 aliphatic rings. The van der Waals surface area contributed by atoms with Crippen LogP contribution in [0.4, 0.5) is 0 Å². The molecule has 0 spiro atoms. The molecule has 0 saturated heterocycles. The van der Waals surface area contributed by atoms with Gasteiger partial charge >= 0.3 is 5.97 Å². The van der Waals surface area contributed by atoms with Gasteiger partial charge < -0.3 is 5.11 Å². The van der Waals surface area contributed by atoms with Gasteiger partial charge in [0.25, 0.3) is 10.0 Å². The summed E-state index contributed by atoms with van der Waals surface area (Å²) in [7, 11) is -3.75. The summed E-state index contributed by atoms with van der Waals surface area (Å²) in [4.78, 5) is 14.5. The molecule has 1 aromatic carbocycles.